The van der Waals surface area contributed by atoms with Gasteiger partial charge >= 0.3 is 5.97 Å². The summed E-state index contributed by atoms with van der Waals surface area (Å²) in [5, 5.41) is 40.1. The summed E-state index contributed by atoms with van der Waals surface area (Å²) in [6, 6.07) is 0. The highest BCUT2D eigenvalue weighted by molar-refractivity contribution is 5.69. The van der Waals surface area contributed by atoms with Gasteiger partial charge in [-0.05, 0) is 77.0 Å². The fraction of sp³-hybridized carbons (Fsp3) is 0.681. The number of unbranched alkanes of at least 4 members (excludes halogenated alkanes) is 10. The van der Waals surface area contributed by atoms with Crippen molar-refractivity contribution in [2.75, 3.05) is 26.4 Å². The summed E-state index contributed by atoms with van der Waals surface area (Å²) in [6.45, 7) is 4.30. The summed E-state index contributed by atoms with van der Waals surface area (Å²) in [4.78, 5) is 12.7. The van der Waals surface area contributed by atoms with Crippen LogP contribution in [0.3, 0.4) is 0 Å². The van der Waals surface area contributed by atoms with E-state index in [1.54, 1.807) is 0 Å². The van der Waals surface area contributed by atoms with Gasteiger partial charge in [-0.3, -0.25) is 4.79 Å². The molecule has 6 atom stereocenters. The van der Waals surface area contributed by atoms with E-state index in [0.29, 0.717) is 13.0 Å². The first-order valence-corrected chi connectivity index (χ1v) is 21.7. The van der Waals surface area contributed by atoms with Gasteiger partial charge in [0.15, 0.2) is 6.29 Å². The second-order valence-electron chi connectivity index (χ2n) is 14.4. The lowest BCUT2D eigenvalue weighted by molar-refractivity contribution is -0.305. The van der Waals surface area contributed by atoms with Crippen molar-refractivity contribution in [1.82, 2.24) is 0 Å². The van der Waals surface area contributed by atoms with Crippen molar-refractivity contribution < 1.29 is 44.2 Å². The summed E-state index contributed by atoms with van der Waals surface area (Å²) in [5.74, 6) is -0.401. The maximum absolute atomic E-state index is 12.7. The Morgan fingerprint density at radius 1 is 0.589 bits per heavy atom. The molecule has 0 aromatic carbocycles. The van der Waals surface area contributed by atoms with Crippen molar-refractivity contribution in [2.24, 2.45) is 0 Å². The molecule has 0 radical (unpaired) electrons. The molecule has 1 aliphatic rings. The van der Waals surface area contributed by atoms with E-state index in [2.05, 4.69) is 86.8 Å². The largest absolute Gasteiger partial charge is 0.457 e. The number of hydrogen-bond donors (Lipinski definition) is 4. The molecule has 0 saturated carbocycles. The Morgan fingerprint density at radius 3 is 1.64 bits per heavy atom. The van der Waals surface area contributed by atoms with Gasteiger partial charge in [-0.15, -0.1) is 0 Å². The quantitative estimate of drug-likeness (QED) is 0.0282. The zero-order valence-electron chi connectivity index (χ0n) is 34.8. The number of aliphatic hydroxyl groups excluding tert-OH is 4. The zero-order chi connectivity index (χ0) is 40.7. The van der Waals surface area contributed by atoms with E-state index < -0.39 is 49.4 Å². The second kappa shape index (κ2) is 37.9. The maximum atomic E-state index is 12.7. The van der Waals surface area contributed by atoms with Crippen LogP contribution >= 0.6 is 0 Å². The summed E-state index contributed by atoms with van der Waals surface area (Å²) < 4.78 is 22.7. The third-order valence-corrected chi connectivity index (χ3v) is 9.31. The number of carbonyl (C=O) groups is 1. The third-order valence-electron chi connectivity index (χ3n) is 9.31. The van der Waals surface area contributed by atoms with Crippen LogP contribution in [0.5, 0.6) is 0 Å². The summed E-state index contributed by atoms with van der Waals surface area (Å²) in [7, 11) is 0. The highest BCUT2D eigenvalue weighted by Crippen LogP contribution is 2.22. The Hall–Kier alpha value is -2.63. The molecule has 0 aliphatic carbocycles. The molecule has 1 saturated heterocycles. The van der Waals surface area contributed by atoms with Gasteiger partial charge < -0.3 is 39.4 Å². The van der Waals surface area contributed by atoms with E-state index in [1.807, 2.05) is 12.2 Å². The molecule has 320 valence electrons. The molecule has 1 fully saturated rings. The Balaban J connectivity index is 2.36. The molecule has 0 aromatic rings. The summed E-state index contributed by atoms with van der Waals surface area (Å²) in [5.41, 5.74) is 0. The van der Waals surface area contributed by atoms with E-state index >= 15 is 0 Å². The van der Waals surface area contributed by atoms with Gasteiger partial charge in [-0.1, -0.05) is 144 Å². The average Bonchev–Trinajstić information content (AvgIpc) is 3.20. The number of carbonyl (C=O) groups excluding carboxylic acids is 1. The topological polar surface area (TPSA) is 135 Å². The van der Waals surface area contributed by atoms with E-state index in [1.165, 1.54) is 51.4 Å². The molecule has 1 rings (SSSR count). The third kappa shape index (κ3) is 28.7. The SMILES string of the molecule is CC/C=C\C/C=C\C/C=C\C/C=C\C/C=C\C/C=C\CCC(=O)OC(COCCCCCCCC/C=C\CCCCCC)COC1OC(CO)C(O)C(O)C1O. The van der Waals surface area contributed by atoms with Crippen molar-refractivity contribution in [1.29, 1.82) is 0 Å². The number of hydrogen-bond acceptors (Lipinski definition) is 9. The van der Waals surface area contributed by atoms with Gasteiger partial charge in [0.25, 0.3) is 0 Å². The highest BCUT2D eigenvalue weighted by Gasteiger charge is 2.44. The average molecular weight is 787 g/mol. The Kier molecular flexibility index (Phi) is 34.8. The Bertz CT molecular complexity index is 1120. The normalized spacial score (nSPS) is 21.4. The van der Waals surface area contributed by atoms with Gasteiger partial charge in [-0.2, -0.15) is 0 Å². The van der Waals surface area contributed by atoms with E-state index in [9.17, 15) is 25.2 Å². The first-order chi connectivity index (χ1) is 27.4. The van der Waals surface area contributed by atoms with Crippen LogP contribution in [0.15, 0.2) is 85.1 Å². The van der Waals surface area contributed by atoms with E-state index in [-0.39, 0.29) is 19.6 Å². The number of esters is 1. The molecule has 4 N–H and O–H groups in total. The smallest absolute Gasteiger partial charge is 0.306 e. The predicted molar refractivity (Wildman–Crippen MR) is 228 cm³/mol. The molecule has 6 unspecified atom stereocenters. The predicted octanol–water partition coefficient (Wildman–Crippen LogP) is 9.47. The molecule has 56 heavy (non-hydrogen) atoms. The fourth-order valence-electron chi connectivity index (χ4n) is 5.92. The lowest BCUT2D eigenvalue weighted by Crippen LogP contribution is -2.59. The fourth-order valence-corrected chi connectivity index (χ4v) is 5.92. The molecular weight excluding hydrogens is 709 g/mol. The first kappa shape index (κ1) is 51.4. The molecule has 1 heterocycles. The summed E-state index contributed by atoms with van der Waals surface area (Å²) >= 11 is 0. The van der Waals surface area contributed by atoms with Gasteiger partial charge in [0.05, 0.1) is 19.8 Å². The lowest BCUT2D eigenvalue weighted by Gasteiger charge is -2.39. The second-order valence-corrected chi connectivity index (χ2v) is 14.4. The molecule has 1 aliphatic heterocycles. The van der Waals surface area contributed by atoms with Crippen LogP contribution in [-0.4, -0.2) is 89.6 Å². The lowest BCUT2D eigenvalue weighted by atomic mass is 9.99. The minimum Gasteiger partial charge on any atom is -0.457 e. The highest BCUT2D eigenvalue weighted by atomic mass is 16.7. The van der Waals surface area contributed by atoms with Crippen LogP contribution in [0.25, 0.3) is 0 Å². The molecule has 0 aromatic heterocycles. The standard InChI is InChI=1S/C47H78O9/c1-3-5-7-9-11-13-15-17-19-20-21-22-23-24-26-28-30-32-34-36-43(49)55-41(40-54-47-46(52)45(51)44(50)42(38-48)56-47)39-53-37-35-33-31-29-27-25-18-16-14-12-10-8-6-4-2/h5,7,11,13-14,16-17,19,21-22,24,26,30,32,41-42,44-48,50-52H,3-4,6,8-10,12,15,18,20,23,25,27-29,31,33-40H2,1-2H3/b7-5-,13-11-,16-14-,19-17-,22-21-,26-24-,32-30-. The Morgan fingerprint density at radius 2 is 1.09 bits per heavy atom. The Labute approximate surface area is 339 Å². The van der Waals surface area contributed by atoms with Gasteiger partial charge in [0, 0.05) is 13.0 Å². The molecule has 0 spiro atoms. The van der Waals surface area contributed by atoms with E-state index in [0.717, 1.165) is 64.2 Å². The van der Waals surface area contributed by atoms with Gasteiger partial charge in [-0.25, -0.2) is 0 Å². The van der Waals surface area contributed by atoms with Crippen LogP contribution in [0.4, 0.5) is 0 Å². The zero-order valence-corrected chi connectivity index (χ0v) is 34.8. The first-order valence-electron chi connectivity index (χ1n) is 21.7. The number of allylic oxidation sites excluding steroid dienone is 14. The molecule has 9 nitrogen and oxygen atoms in total. The van der Waals surface area contributed by atoms with Crippen molar-refractivity contribution in [2.45, 2.75) is 179 Å². The number of rotatable bonds is 35. The van der Waals surface area contributed by atoms with Crippen molar-refractivity contribution in [3.05, 3.63) is 85.1 Å². The van der Waals surface area contributed by atoms with Crippen molar-refractivity contribution in [3.8, 4) is 0 Å². The minimum atomic E-state index is -1.55. The minimum absolute atomic E-state index is 0.105. The van der Waals surface area contributed by atoms with Crippen LogP contribution in [0.2, 0.25) is 0 Å². The summed E-state index contributed by atoms with van der Waals surface area (Å²) in [6.07, 6.45) is 43.3. The molecule has 9 heteroatoms. The van der Waals surface area contributed by atoms with E-state index in [4.69, 9.17) is 18.9 Å². The van der Waals surface area contributed by atoms with Crippen LogP contribution < -0.4 is 0 Å². The van der Waals surface area contributed by atoms with Gasteiger partial charge in [0.1, 0.15) is 30.5 Å². The molecule has 0 bridgehead atoms. The maximum Gasteiger partial charge on any atom is 0.306 e. The van der Waals surface area contributed by atoms with Crippen LogP contribution in [-0.2, 0) is 23.7 Å². The molecular formula is C47H78O9. The van der Waals surface area contributed by atoms with Crippen LogP contribution in [0, 0.1) is 0 Å². The number of aliphatic hydroxyl groups is 4. The van der Waals surface area contributed by atoms with Crippen molar-refractivity contribution >= 4 is 5.97 Å². The van der Waals surface area contributed by atoms with Crippen LogP contribution in [0.1, 0.15) is 142 Å². The monoisotopic (exact) mass is 787 g/mol. The van der Waals surface area contributed by atoms with Gasteiger partial charge in [0.2, 0.25) is 0 Å². The number of ether oxygens (including phenoxy) is 4. The molecule has 0 amide bonds. The van der Waals surface area contributed by atoms with Crippen molar-refractivity contribution in [3.63, 3.8) is 0 Å².